The normalized spacial score (nSPS) is 9.40. The van der Waals surface area contributed by atoms with Gasteiger partial charge in [0.25, 0.3) is 5.91 Å². The molecule has 0 heterocycles. The van der Waals surface area contributed by atoms with Crippen LogP contribution in [0.4, 0.5) is 0 Å². The third-order valence-corrected chi connectivity index (χ3v) is 2.56. The zero-order valence-electron chi connectivity index (χ0n) is 11.6. The lowest BCUT2D eigenvalue weighted by Gasteiger charge is -2.11. The second-order valence-corrected chi connectivity index (χ2v) is 4.31. The molecule has 0 atom stereocenters. The second-order valence-electron chi connectivity index (χ2n) is 4.31. The molecule has 1 amide bonds. The highest BCUT2D eigenvalue weighted by atomic mass is 16.5. The van der Waals surface area contributed by atoms with E-state index in [0.29, 0.717) is 11.3 Å². The molecule has 2 N–H and O–H groups in total. The number of hydrazine groups is 1. The topological polar surface area (TPSA) is 74.2 Å². The quantitative estimate of drug-likeness (QED) is 0.712. The Hall–Kier alpha value is -2.48. The van der Waals surface area contributed by atoms with Crippen molar-refractivity contribution in [2.24, 2.45) is 0 Å². The number of nitriles is 1. The number of hydrogen-bond donors (Lipinski definition) is 2. The predicted molar refractivity (Wildman–Crippen MR) is 76.6 cm³/mol. The maximum absolute atomic E-state index is 11.5. The van der Waals surface area contributed by atoms with Gasteiger partial charge in [0.2, 0.25) is 0 Å². The molecule has 0 unspecified atom stereocenters. The van der Waals surface area contributed by atoms with E-state index in [0.717, 1.165) is 25.0 Å². The average molecular weight is 273 g/mol. The summed E-state index contributed by atoms with van der Waals surface area (Å²) in [5, 5.41) is 8.66. The van der Waals surface area contributed by atoms with Crippen LogP contribution in [0.2, 0.25) is 0 Å². The highest BCUT2D eigenvalue weighted by Crippen LogP contribution is 2.11. The van der Waals surface area contributed by atoms with Gasteiger partial charge < -0.3 is 10.2 Å². The molecular formula is C15H19N3O2. The second kappa shape index (κ2) is 8.59. The molecule has 0 radical (unpaired) electrons. The van der Waals surface area contributed by atoms with Gasteiger partial charge >= 0.3 is 0 Å². The standard InChI is InChI=1S/C15H19N3O2/c1-3-4-5-12(2)17-18-15(19)11-20-14-8-6-13(10-16)7-9-14/h6-9,17H,2-5,11H2,1H3,(H,18,19). The fraction of sp³-hybridized carbons (Fsp3) is 0.333. The Morgan fingerprint density at radius 3 is 2.65 bits per heavy atom. The Morgan fingerprint density at radius 1 is 1.35 bits per heavy atom. The van der Waals surface area contributed by atoms with E-state index in [1.165, 1.54) is 0 Å². The van der Waals surface area contributed by atoms with Crippen molar-refractivity contribution in [1.82, 2.24) is 10.9 Å². The van der Waals surface area contributed by atoms with Crippen molar-refractivity contribution >= 4 is 5.91 Å². The Morgan fingerprint density at radius 2 is 2.05 bits per heavy atom. The number of ether oxygens (including phenoxy) is 1. The third kappa shape index (κ3) is 5.91. The minimum atomic E-state index is -0.285. The first-order valence-electron chi connectivity index (χ1n) is 6.51. The molecule has 5 heteroatoms. The number of unbranched alkanes of at least 4 members (excludes halogenated alkanes) is 1. The van der Waals surface area contributed by atoms with Gasteiger partial charge in [0.05, 0.1) is 11.6 Å². The van der Waals surface area contributed by atoms with Gasteiger partial charge in [-0.15, -0.1) is 0 Å². The van der Waals surface area contributed by atoms with Crippen LogP contribution in [0.5, 0.6) is 5.75 Å². The summed E-state index contributed by atoms with van der Waals surface area (Å²) in [5.74, 6) is 0.260. The summed E-state index contributed by atoms with van der Waals surface area (Å²) in [6, 6.07) is 8.59. The van der Waals surface area contributed by atoms with E-state index in [-0.39, 0.29) is 12.5 Å². The smallest absolute Gasteiger partial charge is 0.276 e. The summed E-state index contributed by atoms with van der Waals surface area (Å²) in [6.07, 6.45) is 2.94. The summed E-state index contributed by atoms with van der Waals surface area (Å²) in [5.41, 5.74) is 6.60. The Bertz CT molecular complexity index is 489. The lowest BCUT2D eigenvalue weighted by molar-refractivity contribution is -0.123. The number of carbonyl (C=O) groups excluding carboxylic acids is 1. The van der Waals surface area contributed by atoms with E-state index in [9.17, 15) is 4.79 Å². The molecular weight excluding hydrogens is 254 g/mol. The number of amides is 1. The molecule has 106 valence electrons. The van der Waals surface area contributed by atoms with Crippen LogP contribution in [0.25, 0.3) is 0 Å². The summed E-state index contributed by atoms with van der Waals surface area (Å²) >= 11 is 0. The molecule has 0 saturated carbocycles. The third-order valence-electron chi connectivity index (χ3n) is 2.56. The molecule has 0 bridgehead atoms. The van der Waals surface area contributed by atoms with Crippen molar-refractivity contribution in [1.29, 1.82) is 5.26 Å². The van der Waals surface area contributed by atoms with E-state index in [2.05, 4.69) is 24.4 Å². The van der Waals surface area contributed by atoms with E-state index in [1.807, 2.05) is 6.07 Å². The fourth-order valence-corrected chi connectivity index (χ4v) is 1.42. The number of nitrogens with one attached hydrogen (secondary N) is 2. The van der Waals surface area contributed by atoms with Crippen LogP contribution in [0, 0.1) is 11.3 Å². The maximum atomic E-state index is 11.5. The van der Waals surface area contributed by atoms with Crippen molar-refractivity contribution in [3.63, 3.8) is 0 Å². The SMILES string of the molecule is C=C(CCCC)NNC(=O)COc1ccc(C#N)cc1. The minimum Gasteiger partial charge on any atom is -0.484 e. The fourth-order valence-electron chi connectivity index (χ4n) is 1.42. The number of benzene rings is 1. The first kappa shape index (κ1) is 15.6. The van der Waals surface area contributed by atoms with E-state index in [1.54, 1.807) is 24.3 Å². The van der Waals surface area contributed by atoms with Crippen LogP contribution in [0.1, 0.15) is 31.7 Å². The number of hydrogen-bond acceptors (Lipinski definition) is 4. The van der Waals surface area contributed by atoms with Crippen LogP contribution >= 0.6 is 0 Å². The maximum Gasteiger partial charge on any atom is 0.276 e. The molecule has 0 aromatic heterocycles. The largest absolute Gasteiger partial charge is 0.484 e. The van der Waals surface area contributed by atoms with Crippen molar-refractivity contribution in [2.75, 3.05) is 6.61 Å². The van der Waals surface area contributed by atoms with E-state index >= 15 is 0 Å². The number of rotatable bonds is 8. The van der Waals surface area contributed by atoms with Crippen molar-refractivity contribution in [3.05, 3.63) is 42.1 Å². The van der Waals surface area contributed by atoms with Gasteiger partial charge in [-0.2, -0.15) is 5.26 Å². The number of allylic oxidation sites excluding steroid dienone is 1. The van der Waals surface area contributed by atoms with Crippen LogP contribution in [0.3, 0.4) is 0 Å². The molecule has 1 aromatic rings. The first-order valence-corrected chi connectivity index (χ1v) is 6.51. The molecule has 0 spiro atoms. The molecule has 1 aromatic carbocycles. The van der Waals surface area contributed by atoms with Gasteiger partial charge in [-0.3, -0.25) is 10.2 Å². The van der Waals surface area contributed by atoms with Gasteiger partial charge in [-0.25, -0.2) is 0 Å². The van der Waals surface area contributed by atoms with Gasteiger partial charge in [-0.1, -0.05) is 19.9 Å². The number of nitrogens with zero attached hydrogens (tertiary/aromatic N) is 1. The van der Waals surface area contributed by atoms with Gasteiger partial charge in [0, 0.05) is 5.70 Å². The van der Waals surface area contributed by atoms with Crippen molar-refractivity contribution in [3.8, 4) is 11.8 Å². The van der Waals surface area contributed by atoms with Gasteiger partial charge in [0.15, 0.2) is 6.61 Å². The predicted octanol–water partition coefficient (Wildman–Crippen LogP) is 2.26. The lowest BCUT2D eigenvalue weighted by atomic mass is 10.2. The highest BCUT2D eigenvalue weighted by molar-refractivity contribution is 5.77. The lowest BCUT2D eigenvalue weighted by Crippen LogP contribution is -2.39. The first-order chi connectivity index (χ1) is 9.65. The molecule has 5 nitrogen and oxygen atoms in total. The van der Waals surface area contributed by atoms with Crippen molar-refractivity contribution in [2.45, 2.75) is 26.2 Å². The van der Waals surface area contributed by atoms with Crippen LogP contribution in [-0.4, -0.2) is 12.5 Å². The van der Waals surface area contributed by atoms with Crippen LogP contribution < -0.4 is 15.6 Å². The minimum absolute atomic E-state index is 0.0973. The van der Waals surface area contributed by atoms with Crippen LogP contribution in [0.15, 0.2) is 36.5 Å². The molecule has 0 aliphatic rings. The van der Waals surface area contributed by atoms with Crippen molar-refractivity contribution < 1.29 is 9.53 Å². The Labute approximate surface area is 119 Å². The Kier molecular flexibility index (Phi) is 6.69. The summed E-state index contributed by atoms with van der Waals surface area (Å²) in [4.78, 5) is 11.5. The number of carbonyl (C=O) groups is 1. The molecule has 20 heavy (non-hydrogen) atoms. The average Bonchev–Trinajstić information content (AvgIpc) is 2.49. The van der Waals surface area contributed by atoms with Crippen LogP contribution in [-0.2, 0) is 4.79 Å². The zero-order chi connectivity index (χ0) is 14.8. The summed E-state index contributed by atoms with van der Waals surface area (Å²) in [6.45, 7) is 5.80. The monoisotopic (exact) mass is 273 g/mol. The van der Waals surface area contributed by atoms with E-state index < -0.39 is 0 Å². The summed E-state index contributed by atoms with van der Waals surface area (Å²) in [7, 11) is 0. The molecule has 0 fully saturated rings. The molecule has 0 aliphatic heterocycles. The molecule has 1 rings (SSSR count). The zero-order valence-corrected chi connectivity index (χ0v) is 11.6. The molecule has 0 aliphatic carbocycles. The highest BCUT2D eigenvalue weighted by Gasteiger charge is 2.03. The summed E-state index contributed by atoms with van der Waals surface area (Å²) < 4.78 is 5.29. The van der Waals surface area contributed by atoms with E-state index in [4.69, 9.17) is 10.00 Å². The van der Waals surface area contributed by atoms with Gasteiger partial charge in [-0.05, 0) is 37.1 Å². The molecule has 0 saturated heterocycles. The Balaban J connectivity index is 2.25. The van der Waals surface area contributed by atoms with Gasteiger partial charge in [0.1, 0.15) is 5.75 Å².